The zero-order valence-corrected chi connectivity index (χ0v) is 16.9. The van der Waals surface area contributed by atoms with Gasteiger partial charge in [0.2, 0.25) is 5.91 Å². The minimum absolute atomic E-state index is 0.151. The van der Waals surface area contributed by atoms with Crippen molar-refractivity contribution in [2.75, 3.05) is 23.9 Å². The third-order valence-corrected chi connectivity index (χ3v) is 6.91. The Kier molecular flexibility index (Phi) is 5.56. The van der Waals surface area contributed by atoms with Gasteiger partial charge in [-0.05, 0) is 69.0 Å². The molecule has 27 heavy (non-hydrogen) atoms. The third kappa shape index (κ3) is 4.16. The van der Waals surface area contributed by atoms with Crippen molar-refractivity contribution in [2.24, 2.45) is 0 Å². The van der Waals surface area contributed by atoms with Gasteiger partial charge in [-0.15, -0.1) is 0 Å². The average molecular weight is 387 g/mol. The summed E-state index contributed by atoms with van der Waals surface area (Å²) in [4.78, 5) is 14.7. The van der Waals surface area contributed by atoms with Crippen LogP contribution in [-0.2, 0) is 14.8 Å². The molecular weight excluding hydrogens is 360 g/mol. The largest absolute Gasteiger partial charge is 0.341 e. The number of likely N-dealkylation sites (tertiary alicyclic amines) is 1. The van der Waals surface area contributed by atoms with Gasteiger partial charge in [0.15, 0.2) is 0 Å². The summed E-state index contributed by atoms with van der Waals surface area (Å²) in [5.74, 6) is -0.151. The maximum absolute atomic E-state index is 13.3. The lowest BCUT2D eigenvalue weighted by Crippen LogP contribution is -2.42. The molecule has 2 aromatic carbocycles. The third-order valence-electron chi connectivity index (χ3n) is 5.13. The van der Waals surface area contributed by atoms with Crippen molar-refractivity contribution in [3.63, 3.8) is 0 Å². The van der Waals surface area contributed by atoms with Gasteiger partial charge in [-0.2, -0.15) is 0 Å². The first-order chi connectivity index (χ1) is 12.8. The number of carbonyl (C=O) groups excluding carboxylic acids is 1. The molecule has 3 rings (SSSR count). The number of anilines is 1. The molecule has 0 radical (unpaired) electrons. The molecule has 0 unspecified atom stereocenters. The van der Waals surface area contributed by atoms with E-state index in [9.17, 15) is 13.2 Å². The Morgan fingerprint density at radius 3 is 2.19 bits per heavy atom. The summed E-state index contributed by atoms with van der Waals surface area (Å²) in [5, 5.41) is 0. The van der Waals surface area contributed by atoms with E-state index in [2.05, 4.69) is 0 Å². The second-order valence-corrected chi connectivity index (χ2v) is 9.04. The van der Waals surface area contributed by atoms with E-state index in [1.54, 1.807) is 35.2 Å². The van der Waals surface area contributed by atoms with Crippen molar-refractivity contribution in [3.8, 4) is 0 Å². The molecule has 0 spiro atoms. The highest BCUT2D eigenvalue weighted by atomic mass is 32.2. The molecule has 1 aliphatic heterocycles. The van der Waals surface area contributed by atoms with Crippen molar-refractivity contribution in [2.45, 2.75) is 38.5 Å². The Balaban J connectivity index is 2.01. The van der Waals surface area contributed by atoms with E-state index in [4.69, 9.17) is 0 Å². The summed E-state index contributed by atoms with van der Waals surface area (Å²) in [6.45, 7) is 7.05. The van der Waals surface area contributed by atoms with E-state index in [0.717, 1.165) is 29.5 Å². The summed E-state index contributed by atoms with van der Waals surface area (Å²) in [5.41, 5.74) is 3.58. The Bertz CT molecular complexity index is 930. The summed E-state index contributed by atoms with van der Waals surface area (Å²) >= 11 is 0. The number of aryl methyl sites for hydroxylation is 3. The Labute approximate surface area is 161 Å². The second kappa shape index (κ2) is 7.72. The van der Waals surface area contributed by atoms with E-state index < -0.39 is 10.0 Å². The predicted octanol–water partition coefficient (Wildman–Crippen LogP) is 3.43. The quantitative estimate of drug-likeness (QED) is 0.791. The standard InChI is InChI=1S/C21H26N2O3S/c1-16-6-10-20(11-7-16)27(25,26)23(15-21(24)22-12-4-5-13-22)19-9-8-17(2)18(3)14-19/h6-11,14H,4-5,12-13,15H2,1-3H3. The molecule has 1 saturated heterocycles. The highest BCUT2D eigenvalue weighted by Crippen LogP contribution is 2.26. The maximum Gasteiger partial charge on any atom is 0.264 e. The lowest BCUT2D eigenvalue weighted by atomic mass is 10.1. The second-order valence-electron chi connectivity index (χ2n) is 7.18. The molecule has 6 heteroatoms. The van der Waals surface area contributed by atoms with Crippen LogP contribution >= 0.6 is 0 Å². The highest BCUT2D eigenvalue weighted by Gasteiger charge is 2.29. The van der Waals surface area contributed by atoms with Gasteiger partial charge in [0.05, 0.1) is 10.6 Å². The molecule has 0 atom stereocenters. The molecule has 1 fully saturated rings. The van der Waals surface area contributed by atoms with Crippen LogP contribution in [0.1, 0.15) is 29.5 Å². The molecule has 0 N–H and O–H groups in total. The van der Waals surface area contributed by atoms with Crippen LogP contribution in [0, 0.1) is 20.8 Å². The van der Waals surface area contributed by atoms with Crippen molar-refractivity contribution in [1.82, 2.24) is 4.90 Å². The van der Waals surface area contributed by atoms with E-state index in [0.29, 0.717) is 18.8 Å². The van der Waals surface area contributed by atoms with E-state index >= 15 is 0 Å². The lowest BCUT2D eigenvalue weighted by Gasteiger charge is -2.27. The number of sulfonamides is 1. The molecule has 0 aromatic heterocycles. The van der Waals surface area contributed by atoms with Crippen molar-refractivity contribution >= 4 is 21.6 Å². The zero-order chi connectivity index (χ0) is 19.6. The van der Waals surface area contributed by atoms with Gasteiger partial charge >= 0.3 is 0 Å². The smallest absolute Gasteiger partial charge is 0.264 e. The summed E-state index contributed by atoms with van der Waals surface area (Å²) in [7, 11) is -3.84. The average Bonchev–Trinajstić information content (AvgIpc) is 3.17. The minimum Gasteiger partial charge on any atom is -0.341 e. The first-order valence-corrected chi connectivity index (χ1v) is 10.7. The highest BCUT2D eigenvalue weighted by molar-refractivity contribution is 7.92. The predicted molar refractivity (Wildman–Crippen MR) is 107 cm³/mol. The minimum atomic E-state index is -3.84. The van der Waals surface area contributed by atoms with Crippen LogP contribution in [0.15, 0.2) is 47.4 Å². The molecule has 1 aliphatic rings. The van der Waals surface area contributed by atoms with E-state index in [1.165, 1.54) is 4.31 Å². The molecular formula is C21H26N2O3S. The van der Waals surface area contributed by atoms with Crippen LogP contribution in [-0.4, -0.2) is 38.9 Å². The molecule has 1 heterocycles. The molecule has 0 aliphatic carbocycles. The molecule has 2 aromatic rings. The first-order valence-electron chi connectivity index (χ1n) is 9.23. The number of carbonyl (C=O) groups is 1. The molecule has 0 bridgehead atoms. The van der Waals surface area contributed by atoms with Crippen LogP contribution in [0.3, 0.4) is 0 Å². The van der Waals surface area contributed by atoms with Gasteiger partial charge in [-0.25, -0.2) is 8.42 Å². The fourth-order valence-electron chi connectivity index (χ4n) is 3.22. The summed E-state index contributed by atoms with van der Waals surface area (Å²) < 4.78 is 27.9. The van der Waals surface area contributed by atoms with E-state index in [1.807, 2.05) is 32.9 Å². The molecule has 0 saturated carbocycles. The fourth-order valence-corrected chi connectivity index (χ4v) is 4.63. The lowest BCUT2D eigenvalue weighted by molar-refractivity contribution is -0.128. The van der Waals surface area contributed by atoms with Gasteiger partial charge in [0, 0.05) is 13.1 Å². The Morgan fingerprint density at radius 1 is 0.963 bits per heavy atom. The summed E-state index contributed by atoms with van der Waals surface area (Å²) in [6, 6.07) is 12.2. The van der Waals surface area contributed by atoms with Crippen LogP contribution in [0.4, 0.5) is 5.69 Å². The van der Waals surface area contributed by atoms with Gasteiger partial charge in [-0.3, -0.25) is 9.10 Å². The summed E-state index contributed by atoms with van der Waals surface area (Å²) in [6.07, 6.45) is 1.94. The van der Waals surface area contributed by atoms with E-state index in [-0.39, 0.29) is 17.3 Å². The number of hydrogen-bond acceptors (Lipinski definition) is 3. The van der Waals surface area contributed by atoms with Crippen LogP contribution in [0.25, 0.3) is 0 Å². The van der Waals surface area contributed by atoms with Gasteiger partial charge in [0.25, 0.3) is 10.0 Å². The van der Waals surface area contributed by atoms with Crippen LogP contribution in [0.2, 0.25) is 0 Å². The van der Waals surface area contributed by atoms with Crippen LogP contribution in [0.5, 0.6) is 0 Å². The van der Waals surface area contributed by atoms with Crippen LogP contribution < -0.4 is 4.31 Å². The molecule has 144 valence electrons. The number of benzene rings is 2. The monoisotopic (exact) mass is 386 g/mol. The molecule has 1 amide bonds. The van der Waals surface area contributed by atoms with Crippen molar-refractivity contribution in [3.05, 3.63) is 59.2 Å². The fraction of sp³-hybridized carbons (Fsp3) is 0.381. The van der Waals surface area contributed by atoms with Gasteiger partial charge in [-0.1, -0.05) is 23.8 Å². The number of hydrogen-bond donors (Lipinski definition) is 0. The maximum atomic E-state index is 13.3. The Hall–Kier alpha value is -2.34. The normalized spacial score (nSPS) is 14.4. The molecule has 5 nitrogen and oxygen atoms in total. The Morgan fingerprint density at radius 2 is 1.59 bits per heavy atom. The SMILES string of the molecule is Cc1ccc(S(=O)(=O)N(CC(=O)N2CCCC2)c2ccc(C)c(C)c2)cc1. The number of amides is 1. The topological polar surface area (TPSA) is 57.7 Å². The van der Waals surface area contributed by atoms with Gasteiger partial charge in [0.1, 0.15) is 6.54 Å². The number of nitrogens with zero attached hydrogens (tertiary/aromatic N) is 2. The van der Waals surface area contributed by atoms with Crippen molar-refractivity contribution < 1.29 is 13.2 Å². The van der Waals surface area contributed by atoms with Gasteiger partial charge < -0.3 is 4.90 Å². The van der Waals surface area contributed by atoms with Crippen molar-refractivity contribution in [1.29, 1.82) is 0 Å². The first kappa shape index (κ1) is 19.4. The number of rotatable bonds is 5. The zero-order valence-electron chi connectivity index (χ0n) is 16.1.